The van der Waals surface area contributed by atoms with Crippen LogP contribution in [0, 0.1) is 23.0 Å². The first-order valence-electron chi connectivity index (χ1n) is 13.5. The van der Waals surface area contributed by atoms with E-state index in [-0.39, 0.29) is 50.6 Å². The van der Waals surface area contributed by atoms with Crippen LogP contribution in [-0.2, 0) is 18.0 Å². The van der Waals surface area contributed by atoms with E-state index in [9.17, 15) is 9.65 Å². The van der Waals surface area contributed by atoms with Crippen molar-refractivity contribution in [1.82, 2.24) is 24.8 Å². The number of nitriles is 1. The van der Waals surface area contributed by atoms with Gasteiger partial charge >= 0.3 is 0 Å². The number of nitrogens with zero attached hydrogens (tertiary/aromatic N) is 7. The summed E-state index contributed by atoms with van der Waals surface area (Å²) in [7, 11) is 2.17. The van der Waals surface area contributed by atoms with Crippen molar-refractivity contribution in [3.05, 3.63) is 40.7 Å². The summed E-state index contributed by atoms with van der Waals surface area (Å²) in [4.78, 5) is 20.7. The number of likely N-dealkylation sites (N-methyl/N-ethyl adjacent to an activating group) is 1. The van der Waals surface area contributed by atoms with E-state index in [0.29, 0.717) is 22.9 Å². The van der Waals surface area contributed by atoms with Crippen LogP contribution in [-0.4, -0.2) is 77.1 Å². The molecule has 0 unspecified atom stereocenters. The summed E-state index contributed by atoms with van der Waals surface area (Å²) in [6.45, 7) is 6.30. The second-order valence-corrected chi connectivity index (χ2v) is 11.8. The van der Waals surface area contributed by atoms with Gasteiger partial charge in [0, 0.05) is 54.8 Å². The monoisotopic (exact) mass is 562 g/mol. The SMILES string of the molecule is CN1CCCN([C@@H]2CCN(c3ncc4c5c(c(-c6ncc(F)c7sc(N)c(C#N)c67)c(F)c4n3)COC5)C2)CC1. The first-order valence-corrected chi connectivity index (χ1v) is 14.3. The first-order chi connectivity index (χ1) is 19.4. The summed E-state index contributed by atoms with van der Waals surface area (Å²) in [5.74, 6) is -0.695. The van der Waals surface area contributed by atoms with Gasteiger partial charge in [0.15, 0.2) is 11.6 Å². The Morgan fingerprint density at radius 3 is 2.80 bits per heavy atom. The number of nitrogens with two attached hydrogens (primary N) is 1. The number of fused-ring (bicyclic) bond motifs is 4. The molecule has 1 atom stereocenters. The number of pyridine rings is 1. The van der Waals surface area contributed by atoms with E-state index >= 15 is 4.39 Å². The summed E-state index contributed by atoms with van der Waals surface area (Å²) in [5, 5.41) is 10.8. The molecule has 9 nitrogen and oxygen atoms in total. The third kappa shape index (κ3) is 3.99. The number of halogens is 2. The fourth-order valence-electron chi connectivity index (χ4n) is 6.34. The Morgan fingerprint density at radius 2 is 1.95 bits per heavy atom. The molecular formula is C28H28F2N8OS. The van der Waals surface area contributed by atoms with E-state index in [1.807, 2.05) is 6.07 Å². The molecule has 3 aliphatic rings. The smallest absolute Gasteiger partial charge is 0.226 e. The standard InChI is InChI=1S/C28H28F2N8OS/c1-36-4-2-5-37(8-7-36)15-3-6-38(12-15)28-34-10-17-18-13-39-14-19(18)21(23(30)24(17)35-28)25-22-16(9-31)27(32)40-26(22)20(29)11-33-25/h10-11,15H,2-8,12-14,32H2,1H3/t15-/m1/s1. The molecule has 2 N–H and O–H groups in total. The maximum absolute atomic E-state index is 16.6. The molecule has 6 heterocycles. The van der Waals surface area contributed by atoms with Gasteiger partial charge in [-0.1, -0.05) is 0 Å². The molecular weight excluding hydrogens is 534 g/mol. The van der Waals surface area contributed by atoms with E-state index in [2.05, 4.69) is 31.7 Å². The third-order valence-electron chi connectivity index (χ3n) is 8.45. The van der Waals surface area contributed by atoms with Crippen LogP contribution in [0.25, 0.3) is 32.2 Å². The molecule has 12 heteroatoms. The number of hydrogen-bond acceptors (Lipinski definition) is 10. The topological polar surface area (TPSA) is 107 Å². The predicted molar refractivity (Wildman–Crippen MR) is 150 cm³/mol. The van der Waals surface area contributed by atoms with Crippen LogP contribution in [0.15, 0.2) is 12.4 Å². The first kappa shape index (κ1) is 25.5. The molecule has 206 valence electrons. The van der Waals surface area contributed by atoms with Gasteiger partial charge in [0.25, 0.3) is 0 Å². The zero-order chi connectivity index (χ0) is 27.5. The normalized spacial score (nSPS) is 20.4. The number of aromatic nitrogens is 3. The van der Waals surface area contributed by atoms with Crippen molar-refractivity contribution in [3.8, 4) is 17.3 Å². The molecule has 3 aliphatic heterocycles. The highest BCUT2D eigenvalue weighted by molar-refractivity contribution is 7.23. The highest BCUT2D eigenvalue weighted by Crippen LogP contribution is 2.45. The number of ether oxygens (including phenoxy) is 1. The maximum Gasteiger partial charge on any atom is 0.226 e. The lowest BCUT2D eigenvalue weighted by Crippen LogP contribution is -2.40. The van der Waals surface area contributed by atoms with Crippen LogP contribution in [0.3, 0.4) is 0 Å². The number of nitrogen functional groups attached to an aromatic ring is 1. The van der Waals surface area contributed by atoms with Crippen LogP contribution in [0.2, 0.25) is 0 Å². The lowest BCUT2D eigenvalue weighted by atomic mass is 9.94. The Morgan fingerprint density at radius 1 is 1.10 bits per heavy atom. The fraction of sp³-hybridized carbons (Fsp3) is 0.429. The molecule has 2 fully saturated rings. The molecule has 0 radical (unpaired) electrons. The summed E-state index contributed by atoms with van der Waals surface area (Å²) < 4.78 is 37.2. The minimum Gasteiger partial charge on any atom is -0.389 e. The van der Waals surface area contributed by atoms with Crippen molar-refractivity contribution in [2.75, 3.05) is 56.9 Å². The van der Waals surface area contributed by atoms with Crippen molar-refractivity contribution >= 4 is 43.3 Å². The number of anilines is 2. The molecule has 2 saturated heterocycles. The molecule has 0 amide bonds. The van der Waals surface area contributed by atoms with Gasteiger partial charge in [0.1, 0.15) is 16.6 Å². The third-order valence-corrected chi connectivity index (χ3v) is 9.48. The highest BCUT2D eigenvalue weighted by atomic mass is 32.1. The molecule has 40 heavy (non-hydrogen) atoms. The average Bonchev–Trinajstić information content (AvgIpc) is 3.67. The van der Waals surface area contributed by atoms with Gasteiger partial charge in [-0.2, -0.15) is 5.26 Å². The van der Waals surface area contributed by atoms with Gasteiger partial charge in [0.2, 0.25) is 5.95 Å². The van der Waals surface area contributed by atoms with E-state index in [4.69, 9.17) is 15.5 Å². The van der Waals surface area contributed by atoms with Crippen LogP contribution < -0.4 is 10.6 Å². The lowest BCUT2D eigenvalue weighted by molar-refractivity contribution is 0.135. The lowest BCUT2D eigenvalue weighted by Gasteiger charge is -2.27. The van der Waals surface area contributed by atoms with Gasteiger partial charge in [-0.3, -0.25) is 9.88 Å². The summed E-state index contributed by atoms with van der Waals surface area (Å²) >= 11 is 0.962. The summed E-state index contributed by atoms with van der Waals surface area (Å²) in [5.41, 5.74) is 8.06. The summed E-state index contributed by atoms with van der Waals surface area (Å²) in [6.07, 6.45) is 4.89. The van der Waals surface area contributed by atoms with Crippen molar-refractivity contribution in [2.24, 2.45) is 0 Å². The van der Waals surface area contributed by atoms with Crippen LogP contribution in [0.1, 0.15) is 29.5 Å². The summed E-state index contributed by atoms with van der Waals surface area (Å²) in [6, 6.07) is 2.46. The molecule has 0 spiro atoms. The van der Waals surface area contributed by atoms with Crippen LogP contribution >= 0.6 is 11.3 Å². The number of rotatable bonds is 3. The Labute approximate surface area is 233 Å². The number of hydrogen-bond donors (Lipinski definition) is 1. The Balaban J connectivity index is 1.32. The van der Waals surface area contributed by atoms with Gasteiger partial charge in [0.05, 0.1) is 35.4 Å². The number of benzene rings is 1. The predicted octanol–water partition coefficient (Wildman–Crippen LogP) is 3.88. The zero-order valence-electron chi connectivity index (χ0n) is 22.1. The molecule has 3 aromatic heterocycles. The molecule has 7 rings (SSSR count). The van der Waals surface area contributed by atoms with E-state index < -0.39 is 11.6 Å². The minimum absolute atomic E-state index is 0.0975. The molecule has 0 saturated carbocycles. The molecule has 4 aromatic rings. The molecule has 0 aliphatic carbocycles. The Bertz CT molecular complexity index is 1700. The van der Waals surface area contributed by atoms with Gasteiger partial charge < -0.3 is 20.3 Å². The Hall–Kier alpha value is -3.50. The van der Waals surface area contributed by atoms with E-state index in [1.54, 1.807) is 6.20 Å². The van der Waals surface area contributed by atoms with Crippen molar-refractivity contribution in [3.63, 3.8) is 0 Å². The zero-order valence-corrected chi connectivity index (χ0v) is 22.9. The van der Waals surface area contributed by atoms with Crippen molar-refractivity contribution in [1.29, 1.82) is 5.26 Å². The highest BCUT2D eigenvalue weighted by Gasteiger charge is 2.33. The largest absolute Gasteiger partial charge is 0.389 e. The van der Waals surface area contributed by atoms with Crippen LogP contribution in [0.4, 0.5) is 19.7 Å². The minimum atomic E-state index is -0.602. The van der Waals surface area contributed by atoms with E-state index in [0.717, 1.165) is 75.2 Å². The quantitative estimate of drug-likeness (QED) is 0.398. The molecule has 1 aromatic carbocycles. The second kappa shape index (κ2) is 9.85. The van der Waals surface area contributed by atoms with Gasteiger partial charge in [-0.05, 0) is 44.1 Å². The van der Waals surface area contributed by atoms with E-state index in [1.165, 1.54) is 0 Å². The maximum atomic E-state index is 16.6. The second-order valence-electron chi connectivity index (χ2n) is 10.8. The van der Waals surface area contributed by atoms with Gasteiger partial charge in [-0.15, -0.1) is 11.3 Å². The fourth-order valence-corrected chi connectivity index (χ4v) is 7.27. The average molecular weight is 563 g/mol. The van der Waals surface area contributed by atoms with Crippen molar-refractivity contribution < 1.29 is 13.5 Å². The van der Waals surface area contributed by atoms with Crippen molar-refractivity contribution in [2.45, 2.75) is 32.1 Å². The number of thiophene rings is 1. The van der Waals surface area contributed by atoms with Crippen LogP contribution in [0.5, 0.6) is 0 Å². The van der Waals surface area contributed by atoms with Gasteiger partial charge in [-0.25, -0.2) is 18.7 Å². The Kier molecular flexibility index (Phi) is 6.27. The molecule has 0 bridgehead atoms.